The SMILES string of the molecule is O=C(Nc1cccc(C2SCCCS2)c1)c1ccc(-n2ccnc2)c([N+](=O)[O-])c1. The number of nitrogens with one attached hydrogen (secondary N) is 1. The van der Waals surface area contributed by atoms with Crippen LogP contribution in [0.1, 0.15) is 26.9 Å². The summed E-state index contributed by atoms with van der Waals surface area (Å²) in [6.45, 7) is 0. The van der Waals surface area contributed by atoms with E-state index in [0.29, 0.717) is 16.0 Å². The second-order valence-electron chi connectivity index (χ2n) is 6.44. The lowest BCUT2D eigenvalue weighted by Crippen LogP contribution is -2.13. The first kappa shape index (κ1) is 19.5. The van der Waals surface area contributed by atoms with E-state index >= 15 is 0 Å². The molecule has 2 aromatic carbocycles. The van der Waals surface area contributed by atoms with Gasteiger partial charge in [0.05, 0.1) is 15.8 Å². The lowest BCUT2D eigenvalue weighted by Gasteiger charge is -2.21. The number of aromatic nitrogens is 2. The fourth-order valence-electron chi connectivity index (χ4n) is 3.08. The molecule has 1 N–H and O–H groups in total. The number of nitro benzene ring substituents is 1. The quantitative estimate of drug-likeness (QED) is 0.461. The molecular weight excluding hydrogens is 408 g/mol. The smallest absolute Gasteiger partial charge is 0.294 e. The van der Waals surface area contributed by atoms with Crippen LogP contribution in [-0.2, 0) is 0 Å². The number of hydrogen-bond acceptors (Lipinski definition) is 6. The van der Waals surface area contributed by atoms with Crippen molar-refractivity contribution in [1.82, 2.24) is 9.55 Å². The summed E-state index contributed by atoms with van der Waals surface area (Å²) < 4.78 is 1.92. The van der Waals surface area contributed by atoms with Gasteiger partial charge >= 0.3 is 0 Å². The van der Waals surface area contributed by atoms with Crippen molar-refractivity contribution in [2.24, 2.45) is 0 Å². The summed E-state index contributed by atoms with van der Waals surface area (Å²) >= 11 is 3.83. The predicted molar refractivity (Wildman–Crippen MR) is 117 cm³/mol. The molecule has 1 aliphatic rings. The first-order chi connectivity index (χ1) is 14.1. The molecule has 0 aliphatic carbocycles. The van der Waals surface area contributed by atoms with E-state index in [1.165, 1.54) is 24.4 Å². The number of nitrogens with zero attached hydrogens (tertiary/aromatic N) is 3. The molecule has 1 saturated heterocycles. The van der Waals surface area contributed by atoms with Gasteiger partial charge in [-0.2, -0.15) is 0 Å². The van der Waals surface area contributed by atoms with E-state index in [-0.39, 0.29) is 17.2 Å². The third kappa shape index (κ3) is 4.46. The molecule has 9 heteroatoms. The Morgan fingerprint density at radius 3 is 2.76 bits per heavy atom. The maximum Gasteiger partial charge on any atom is 0.294 e. The average Bonchev–Trinajstić information content (AvgIpc) is 3.29. The van der Waals surface area contributed by atoms with Crippen molar-refractivity contribution in [1.29, 1.82) is 0 Å². The first-order valence-corrected chi connectivity index (χ1v) is 11.1. The summed E-state index contributed by atoms with van der Waals surface area (Å²) in [4.78, 5) is 27.6. The van der Waals surface area contributed by atoms with E-state index in [4.69, 9.17) is 0 Å². The molecule has 0 spiro atoms. The van der Waals surface area contributed by atoms with Crippen LogP contribution in [0, 0.1) is 10.1 Å². The van der Waals surface area contributed by atoms with Gasteiger partial charge in [0, 0.05) is 29.7 Å². The number of rotatable bonds is 5. The van der Waals surface area contributed by atoms with E-state index < -0.39 is 4.92 Å². The number of thioether (sulfide) groups is 2. The molecule has 0 saturated carbocycles. The lowest BCUT2D eigenvalue weighted by molar-refractivity contribution is -0.384. The van der Waals surface area contributed by atoms with E-state index in [0.717, 1.165) is 11.5 Å². The summed E-state index contributed by atoms with van der Waals surface area (Å²) in [5.74, 6) is 1.90. The molecule has 1 fully saturated rings. The highest BCUT2D eigenvalue weighted by atomic mass is 32.2. The van der Waals surface area contributed by atoms with Crippen LogP contribution >= 0.6 is 23.5 Å². The van der Waals surface area contributed by atoms with Crippen LogP contribution in [0.5, 0.6) is 0 Å². The van der Waals surface area contributed by atoms with E-state index in [2.05, 4.69) is 16.4 Å². The molecule has 0 radical (unpaired) electrons. The second kappa shape index (κ2) is 8.71. The standard InChI is InChI=1S/C20H18N4O3S2/c25-19(22-16-4-1-3-15(11-16)20-28-9-2-10-29-20)14-5-6-17(18(12-14)24(26)27)23-8-7-21-13-23/h1,3-8,11-13,20H,2,9-10H2,(H,22,25). The van der Waals surface area contributed by atoms with Gasteiger partial charge in [-0.25, -0.2) is 4.98 Å². The van der Waals surface area contributed by atoms with Crippen LogP contribution in [0.25, 0.3) is 5.69 Å². The molecular formula is C20H18N4O3S2. The molecule has 7 nitrogen and oxygen atoms in total. The highest BCUT2D eigenvalue weighted by Gasteiger charge is 2.20. The summed E-state index contributed by atoms with van der Waals surface area (Å²) in [6, 6.07) is 12.2. The third-order valence-electron chi connectivity index (χ3n) is 4.46. The first-order valence-electron chi connectivity index (χ1n) is 9.03. The second-order valence-corrected chi connectivity index (χ2v) is 9.16. The molecule has 148 valence electrons. The molecule has 3 aromatic rings. The number of carbonyl (C=O) groups is 1. The lowest BCUT2D eigenvalue weighted by atomic mass is 10.1. The highest BCUT2D eigenvalue weighted by molar-refractivity contribution is 8.16. The maximum absolute atomic E-state index is 12.7. The van der Waals surface area contributed by atoms with Gasteiger partial charge in [-0.05, 0) is 47.8 Å². The van der Waals surface area contributed by atoms with Crippen LogP contribution in [0.3, 0.4) is 0 Å². The number of amides is 1. The van der Waals surface area contributed by atoms with E-state index in [9.17, 15) is 14.9 Å². The number of anilines is 1. The van der Waals surface area contributed by atoms with Gasteiger partial charge in [-0.1, -0.05) is 12.1 Å². The normalized spacial score (nSPS) is 14.5. The van der Waals surface area contributed by atoms with Crippen LogP contribution in [0.15, 0.2) is 61.2 Å². The van der Waals surface area contributed by atoms with Crippen LogP contribution in [-0.4, -0.2) is 31.9 Å². The number of hydrogen-bond donors (Lipinski definition) is 1. The minimum absolute atomic E-state index is 0.153. The fraction of sp³-hybridized carbons (Fsp3) is 0.200. The summed E-state index contributed by atoms with van der Waals surface area (Å²) in [7, 11) is 0. The molecule has 0 unspecified atom stereocenters. The average molecular weight is 427 g/mol. The molecule has 2 heterocycles. The van der Waals surface area contributed by atoms with Crippen molar-refractivity contribution in [3.05, 3.63) is 82.4 Å². The Morgan fingerprint density at radius 1 is 1.21 bits per heavy atom. The predicted octanol–water partition coefficient (Wildman–Crippen LogP) is 4.90. The minimum atomic E-state index is -0.496. The van der Waals surface area contributed by atoms with Crippen molar-refractivity contribution in [2.45, 2.75) is 11.0 Å². The van der Waals surface area contributed by atoms with Gasteiger partial charge in [0.15, 0.2) is 0 Å². The highest BCUT2D eigenvalue weighted by Crippen LogP contribution is 2.44. The molecule has 0 atom stereocenters. The minimum Gasteiger partial charge on any atom is -0.322 e. The maximum atomic E-state index is 12.7. The van der Waals surface area contributed by atoms with Crippen molar-refractivity contribution in [3.63, 3.8) is 0 Å². The van der Waals surface area contributed by atoms with Gasteiger partial charge < -0.3 is 9.88 Å². The molecule has 4 rings (SSSR count). The van der Waals surface area contributed by atoms with Gasteiger partial charge in [0.1, 0.15) is 5.69 Å². The van der Waals surface area contributed by atoms with Crippen molar-refractivity contribution in [3.8, 4) is 5.69 Å². The largest absolute Gasteiger partial charge is 0.322 e. The van der Waals surface area contributed by atoms with Crippen LogP contribution < -0.4 is 5.32 Å². The Morgan fingerprint density at radius 2 is 2.03 bits per heavy atom. The molecule has 1 amide bonds. The topological polar surface area (TPSA) is 90.1 Å². The van der Waals surface area contributed by atoms with Crippen LogP contribution in [0.2, 0.25) is 0 Å². The Hall–Kier alpha value is -2.78. The molecule has 1 aliphatic heterocycles. The number of benzene rings is 2. The van der Waals surface area contributed by atoms with Crippen molar-refractivity contribution in [2.75, 3.05) is 16.8 Å². The number of carbonyl (C=O) groups excluding carboxylic acids is 1. The molecule has 0 bridgehead atoms. The zero-order chi connectivity index (χ0) is 20.2. The van der Waals surface area contributed by atoms with E-state index in [1.807, 2.05) is 41.7 Å². The Balaban J connectivity index is 1.56. The van der Waals surface area contributed by atoms with Crippen molar-refractivity contribution < 1.29 is 9.72 Å². The Labute approximate surface area is 176 Å². The number of nitro groups is 1. The fourth-order valence-corrected chi connectivity index (χ4v) is 5.95. The zero-order valence-electron chi connectivity index (χ0n) is 15.4. The van der Waals surface area contributed by atoms with E-state index in [1.54, 1.807) is 29.1 Å². The van der Waals surface area contributed by atoms with Crippen LogP contribution in [0.4, 0.5) is 11.4 Å². The summed E-state index contributed by atoms with van der Waals surface area (Å²) in [5.41, 5.74) is 2.28. The Kier molecular flexibility index (Phi) is 5.86. The van der Waals surface area contributed by atoms with Gasteiger partial charge in [0.25, 0.3) is 11.6 Å². The van der Waals surface area contributed by atoms with Gasteiger partial charge in [-0.3, -0.25) is 14.9 Å². The summed E-state index contributed by atoms with van der Waals surface area (Å²) in [6.07, 6.45) is 5.86. The van der Waals surface area contributed by atoms with Gasteiger partial charge in [0.2, 0.25) is 0 Å². The molecule has 29 heavy (non-hydrogen) atoms. The molecule has 1 aromatic heterocycles. The van der Waals surface area contributed by atoms with Crippen molar-refractivity contribution >= 4 is 40.8 Å². The number of imidazole rings is 1. The monoisotopic (exact) mass is 426 g/mol. The van der Waals surface area contributed by atoms with Gasteiger partial charge in [-0.15, -0.1) is 23.5 Å². The Bertz CT molecular complexity index is 1030. The third-order valence-corrected chi connectivity index (χ3v) is 7.48. The zero-order valence-corrected chi connectivity index (χ0v) is 17.0. The summed E-state index contributed by atoms with van der Waals surface area (Å²) in [5, 5.41) is 14.4.